The topological polar surface area (TPSA) is 78.9 Å². The summed E-state index contributed by atoms with van der Waals surface area (Å²) in [5.41, 5.74) is 0. The summed E-state index contributed by atoms with van der Waals surface area (Å²) in [5.74, 6) is -0.905. The molecule has 0 saturated carbocycles. The molecule has 0 heterocycles. The first-order valence-corrected chi connectivity index (χ1v) is 34.0. The van der Waals surface area contributed by atoms with Crippen molar-refractivity contribution in [2.75, 3.05) is 13.2 Å². The number of carbonyl (C=O) groups is 3. The SMILES string of the molecule is CC/C=C\C/C=C\C/C=C\C/C=C\C/C=C\C/C=C\CCCCCCCCCCC(=O)OCC(COC(=O)CCCCCCC/C=C\C/C=C\CCC)OC(=O)CCCCCCCCCCCCC/C=C\C/C=C\CCCCCCC. The van der Waals surface area contributed by atoms with Crippen LogP contribution in [0.2, 0.25) is 0 Å². The van der Waals surface area contributed by atoms with Crippen molar-refractivity contribution < 1.29 is 28.6 Å². The zero-order valence-corrected chi connectivity index (χ0v) is 53.0. The molecule has 6 nitrogen and oxygen atoms in total. The lowest BCUT2D eigenvalue weighted by atomic mass is 10.0. The first kappa shape index (κ1) is 76.8. The van der Waals surface area contributed by atoms with Gasteiger partial charge in [-0.1, -0.05) is 290 Å². The minimum Gasteiger partial charge on any atom is -0.462 e. The third-order valence-electron chi connectivity index (χ3n) is 14.4. The number of carbonyl (C=O) groups excluding carboxylic acids is 3. The van der Waals surface area contributed by atoms with Gasteiger partial charge in [-0.05, 0) is 128 Å². The Kier molecular flexibility index (Phi) is 64.8. The molecule has 0 bridgehead atoms. The molecule has 1 atom stereocenters. The second-order valence-electron chi connectivity index (χ2n) is 22.3. The van der Waals surface area contributed by atoms with E-state index in [-0.39, 0.29) is 31.1 Å². The lowest BCUT2D eigenvalue weighted by molar-refractivity contribution is -0.167. The summed E-state index contributed by atoms with van der Waals surface area (Å²) in [4.78, 5) is 38.4. The number of hydrogen-bond donors (Lipinski definition) is 0. The normalized spacial score (nSPS) is 12.9. The number of esters is 3. The highest BCUT2D eigenvalue weighted by Gasteiger charge is 2.19. The van der Waals surface area contributed by atoms with Crippen molar-refractivity contribution in [1.82, 2.24) is 0 Å². The molecule has 0 saturated heterocycles. The molecule has 6 heteroatoms. The standard InChI is InChI=1S/C75H126O6/c1-4-7-10-13-16-19-22-25-27-29-31-33-35-36-37-38-40-41-43-45-47-50-53-56-59-62-65-68-74(77)80-71-72(70-79-73(76)67-64-61-58-55-52-49-24-21-18-15-12-9-6-3)81-75(78)69-66-63-60-57-54-51-48-46-44-42-39-34-32-30-28-26-23-20-17-14-11-8-5-2/h7,10,12,15-16,19,21,23-27,30-33,36-37,40-41,72H,4-6,8-9,11,13-14,17-18,20,22,28-29,34-35,38-39,42-71H2,1-3H3/b10-7-,15-12-,19-16-,24-21-,26-23-,27-25-,32-30-,33-31-,37-36-,41-40-. The average molecular weight is 1120 g/mol. The monoisotopic (exact) mass is 1120 g/mol. The fourth-order valence-corrected chi connectivity index (χ4v) is 9.34. The smallest absolute Gasteiger partial charge is 0.306 e. The van der Waals surface area contributed by atoms with Crippen molar-refractivity contribution in [3.05, 3.63) is 122 Å². The Balaban J connectivity index is 4.34. The highest BCUT2D eigenvalue weighted by molar-refractivity contribution is 5.71. The van der Waals surface area contributed by atoms with Gasteiger partial charge < -0.3 is 14.2 Å². The highest BCUT2D eigenvalue weighted by Crippen LogP contribution is 2.16. The third kappa shape index (κ3) is 66.5. The molecule has 0 rings (SSSR count). The van der Waals surface area contributed by atoms with Crippen molar-refractivity contribution in [1.29, 1.82) is 0 Å². The zero-order valence-electron chi connectivity index (χ0n) is 53.0. The maximum Gasteiger partial charge on any atom is 0.306 e. The lowest BCUT2D eigenvalue weighted by Gasteiger charge is -2.18. The number of hydrogen-bond acceptors (Lipinski definition) is 6. The van der Waals surface area contributed by atoms with Crippen LogP contribution in [-0.2, 0) is 28.6 Å². The number of ether oxygens (including phenoxy) is 3. The van der Waals surface area contributed by atoms with Gasteiger partial charge in [0.25, 0.3) is 0 Å². The molecule has 81 heavy (non-hydrogen) atoms. The minimum absolute atomic E-state index is 0.0891. The first-order chi connectivity index (χ1) is 40.0. The van der Waals surface area contributed by atoms with E-state index in [0.717, 1.165) is 141 Å². The summed E-state index contributed by atoms with van der Waals surface area (Å²) >= 11 is 0. The maximum atomic E-state index is 12.9. The predicted octanol–water partition coefficient (Wildman–Crippen LogP) is 23.6. The molecule has 0 aliphatic heterocycles. The van der Waals surface area contributed by atoms with Gasteiger partial charge in [-0.2, -0.15) is 0 Å². The van der Waals surface area contributed by atoms with Crippen LogP contribution < -0.4 is 0 Å². The van der Waals surface area contributed by atoms with Crippen molar-refractivity contribution in [3.8, 4) is 0 Å². The molecule has 0 aromatic heterocycles. The van der Waals surface area contributed by atoms with Crippen LogP contribution in [0.4, 0.5) is 0 Å². The summed E-state index contributed by atoms with van der Waals surface area (Å²) in [6.45, 7) is 6.45. The third-order valence-corrected chi connectivity index (χ3v) is 14.4. The van der Waals surface area contributed by atoms with Crippen molar-refractivity contribution >= 4 is 17.9 Å². The number of unbranched alkanes of at least 4 members (excludes halogenated alkanes) is 30. The van der Waals surface area contributed by atoms with E-state index < -0.39 is 6.10 Å². The second kappa shape index (κ2) is 68.3. The summed E-state index contributed by atoms with van der Waals surface area (Å²) < 4.78 is 16.9. The molecule has 0 aromatic rings. The molecule has 1 unspecified atom stereocenters. The molecule has 0 N–H and O–H groups in total. The zero-order chi connectivity index (χ0) is 58.5. The Morgan fingerprint density at radius 1 is 0.259 bits per heavy atom. The molecule has 0 aliphatic rings. The van der Waals surface area contributed by atoms with Crippen LogP contribution in [-0.4, -0.2) is 37.2 Å². The number of allylic oxidation sites excluding steroid dienone is 20. The highest BCUT2D eigenvalue weighted by atomic mass is 16.6. The summed E-state index contributed by atoms with van der Waals surface area (Å²) in [6, 6.07) is 0. The van der Waals surface area contributed by atoms with Gasteiger partial charge in [0, 0.05) is 19.3 Å². The molecule has 0 spiro atoms. The summed E-state index contributed by atoms with van der Waals surface area (Å²) in [6.07, 6.45) is 95.0. The van der Waals surface area contributed by atoms with Crippen LogP contribution in [0.1, 0.15) is 316 Å². The van der Waals surface area contributed by atoms with Crippen LogP contribution in [0, 0.1) is 0 Å². The average Bonchev–Trinajstić information content (AvgIpc) is 3.46. The van der Waals surface area contributed by atoms with Crippen LogP contribution in [0.3, 0.4) is 0 Å². The fourth-order valence-electron chi connectivity index (χ4n) is 9.34. The van der Waals surface area contributed by atoms with E-state index in [1.54, 1.807) is 0 Å². The Morgan fingerprint density at radius 2 is 0.506 bits per heavy atom. The van der Waals surface area contributed by atoms with Crippen LogP contribution >= 0.6 is 0 Å². The predicted molar refractivity (Wildman–Crippen MR) is 353 cm³/mol. The van der Waals surface area contributed by atoms with Gasteiger partial charge in [-0.3, -0.25) is 14.4 Å². The van der Waals surface area contributed by atoms with E-state index in [1.165, 1.54) is 135 Å². The molecule has 0 aliphatic carbocycles. The van der Waals surface area contributed by atoms with E-state index in [2.05, 4.69) is 142 Å². The number of rotatable bonds is 61. The Labute approximate surface area is 501 Å². The van der Waals surface area contributed by atoms with Crippen molar-refractivity contribution in [2.45, 2.75) is 322 Å². The quantitative estimate of drug-likeness (QED) is 0.0261. The van der Waals surface area contributed by atoms with Crippen LogP contribution in [0.25, 0.3) is 0 Å². The minimum atomic E-state index is -0.793. The van der Waals surface area contributed by atoms with Crippen molar-refractivity contribution in [3.63, 3.8) is 0 Å². The largest absolute Gasteiger partial charge is 0.462 e. The molecule has 462 valence electrons. The van der Waals surface area contributed by atoms with Gasteiger partial charge in [0.05, 0.1) is 0 Å². The Hall–Kier alpha value is -4.19. The van der Waals surface area contributed by atoms with Gasteiger partial charge in [0.1, 0.15) is 13.2 Å². The van der Waals surface area contributed by atoms with E-state index >= 15 is 0 Å². The summed E-state index contributed by atoms with van der Waals surface area (Å²) in [7, 11) is 0. The second-order valence-corrected chi connectivity index (χ2v) is 22.3. The Morgan fingerprint density at radius 3 is 0.802 bits per heavy atom. The van der Waals surface area contributed by atoms with E-state index in [4.69, 9.17) is 14.2 Å². The van der Waals surface area contributed by atoms with Gasteiger partial charge in [0.2, 0.25) is 0 Å². The molecule has 0 amide bonds. The van der Waals surface area contributed by atoms with Gasteiger partial charge in [0.15, 0.2) is 6.10 Å². The van der Waals surface area contributed by atoms with Gasteiger partial charge >= 0.3 is 17.9 Å². The van der Waals surface area contributed by atoms with E-state index in [0.29, 0.717) is 19.3 Å². The molecule has 0 radical (unpaired) electrons. The van der Waals surface area contributed by atoms with E-state index in [9.17, 15) is 14.4 Å². The van der Waals surface area contributed by atoms with Gasteiger partial charge in [-0.15, -0.1) is 0 Å². The van der Waals surface area contributed by atoms with Crippen LogP contribution in [0.15, 0.2) is 122 Å². The molecular formula is C75H126O6. The molecule has 0 fully saturated rings. The van der Waals surface area contributed by atoms with Crippen LogP contribution in [0.5, 0.6) is 0 Å². The van der Waals surface area contributed by atoms with Crippen molar-refractivity contribution in [2.24, 2.45) is 0 Å². The van der Waals surface area contributed by atoms with E-state index in [1.807, 2.05) is 0 Å². The first-order valence-electron chi connectivity index (χ1n) is 34.0. The Bertz CT molecular complexity index is 1670. The fraction of sp³-hybridized carbons (Fsp3) is 0.693. The summed E-state index contributed by atoms with van der Waals surface area (Å²) in [5, 5.41) is 0. The van der Waals surface area contributed by atoms with Gasteiger partial charge in [-0.25, -0.2) is 0 Å². The molecular weight excluding hydrogens is 997 g/mol. The maximum absolute atomic E-state index is 12.9. The molecule has 0 aromatic carbocycles. The lowest BCUT2D eigenvalue weighted by Crippen LogP contribution is -2.30.